The first-order valence-corrected chi connectivity index (χ1v) is 19.3. The molecule has 1 aromatic heterocycles. The van der Waals surface area contributed by atoms with E-state index in [4.69, 9.17) is 0 Å². The minimum Gasteiger partial charge on any atom is -0.135 e. The van der Waals surface area contributed by atoms with Gasteiger partial charge in [0.25, 0.3) is 0 Å². The smallest absolute Gasteiger partial charge is 0.0434 e. The van der Waals surface area contributed by atoms with E-state index in [9.17, 15) is 0 Å². The molecule has 5 aromatic carbocycles. The zero-order valence-corrected chi connectivity index (χ0v) is 30.8. The Hall–Kier alpha value is -5.50. The molecule has 0 spiro atoms. The summed E-state index contributed by atoms with van der Waals surface area (Å²) in [5.74, 6) is 0. The van der Waals surface area contributed by atoms with Crippen LogP contribution in [0.25, 0.3) is 53.2 Å². The zero-order chi connectivity index (χ0) is 35.4. The second-order valence-electron chi connectivity index (χ2n) is 14.8. The Kier molecular flexibility index (Phi) is 8.05. The number of hydrogen-bond acceptors (Lipinski definition) is 1. The summed E-state index contributed by atoms with van der Waals surface area (Å²) in [4.78, 5) is 0. The first kappa shape index (κ1) is 32.4. The summed E-state index contributed by atoms with van der Waals surface area (Å²) in [5.41, 5.74) is 12.4. The molecule has 252 valence electrons. The van der Waals surface area contributed by atoms with Gasteiger partial charge in [0, 0.05) is 31.0 Å². The largest absolute Gasteiger partial charge is 0.135 e. The van der Waals surface area contributed by atoms with Crippen LogP contribution in [0.4, 0.5) is 0 Å². The Bertz CT molecular complexity index is 2780. The number of fused-ring (bicyclic) bond motifs is 10. The Labute approximate surface area is 310 Å². The van der Waals surface area contributed by atoms with E-state index in [-0.39, 0.29) is 5.41 Å². The van der Waals surface area contributed by atoms with Crippen LogP contribution in [0.15, 0.2) is 176 Å². The Morgan fingerprint density at radius 1 is 0.673 bits per heavy atom. The van der Waals surface area contributed by atoms with Gasteiger partial charge in [0.2, 0.25) is 0 Å². The topological polar surface area (TPSA) is 0 Å². The minimum absolute atomic E-state index is 0.183. The summed E-state index contributed by atoms with van der Waals surface area (Å²) >= 11 is 1.92. The molecule has 0 fully saturated rings. The standard InChI is InChI=1S/C51H42S/c1-33(35-18-8-7-9-19-35)28-29-34(2)36-20-10-5-6-11-21-39(38-23-13-12-22-37(36)38)44-32-45-41(30-31-42-40-24-15-17-27-47(40)52-50(42)45)48-43-25-14-16-26-46(43)51(3,4)49(44)48/h7-8,10-18,20-32H,1-2,5-6,9,19H2,3-4H3/b20-10+,21-11+,29-28-,37-36+,39-38+. The van der Waals surface area contributed by atoms with Gasteiger partial charge in [-0.05, 0) is 109 Å². The lowest BCUT2D eigenvalue weighted by molar-refractivity contribution is 0.659. The second kappa shape index (κ2) is 12.9. The Morgan fingerprint density at radius 2 is 1.40 bits per heavy atom. The van der Waals surface area contributed by atoms with Gasteiger partial charge in [-0.15, -0.1) is 11.3 Å². The molecule has 1 heterocycles. The maximum Gasteiger partial charge on any atom is 0.0434 e. The van der Waals surface area contributed by atoms with Crippen molar-refractivity contribution >= 4 is 53.4 Å². The van der Waals surface area contributed by atoms with Crippen LogP contribution < -0.4 is 10.4 Å². The zero-order valence-electron chi connectivity index (χ0n) is 30.0. The highest BCUT2D eigenvalue weighted by Crippen LogP contribution is 2.55. The highest BCUT2D eigenvalue weighted by Gasteiger charge is 2.39. The molecule has 9 rings (SSSR count). The summed E-state index contributed by atoms with van der Waals surface area (Å²) in [7, 11) is 0. The fourth-order valence-electron chi connectivity index (χ4n) is 8.69. The molecule has 0 saturated carbocycles. The third-order valence-electron chi connectivity index (χ3n) is 11.3. The van der Waals surface area contributed by atoms with Gasteiger partial charge in [0.1, 0.15) is 0 Å². The van der Waals surface area contributed by atoms with Crippen LogP contribution in [-0.4, -0.2) is 0 Å². The molecule has 0 bridgehead atoms. The summed E-state index contributed by atoms with van der Waals surface area (Å²) < 4.78 is 2.70. The van der Waals surface area contributed by atoms with Crippen molar-refractivity contribution in [1.82, 2.24) is 0 Å². The summed E-state index contributed by atoms with van der Waals surface area (Å²) in [5, 5.41) is 7.76. The molecule has 0 unspecified atom stereocenters. The normalized spacial score (nSPS) is 19.7. The average molecular weight is 687 g/mol. The van der Waals surface area contributed by atoms with Crippen molar-refractivity contribution in [3.63, 3.8) is 0 Å². The Morgan fingerprint density at radius 3 is 2.25 bits per heavy atom. The number of benzene rings is 5. The van der Waals surface area contributed by atoms with E-state index < -0.39 is 0 Å². The predicted octanol–water partition coefficient (Wildman–Crippen LogP) is 12.7. The molecule has 0 radical (unpaired) electrons. The molecular weight excluding hydrogens is 645 g/mol. The van der Waals surface area contributed by atoms with Crippen LogP contribution >= 0.6 is 11.3 Å². The Balaban J connectivity index is 1.37. The highest BCUT2D eigenvalue weighted by atomic mass is 32.1. The van der Waals surface area contributed by atoms with Crippen LogP contribution in [-0.2, 0) is 5.41 Å². The van der Waals surface area contributed by atoms with Crippen LogP contribution in [0.3, 0.4) is 0 Å². The number of rotatable bonds is 5. The van der Waals surface area contributed by atoms with E-state index in [1.165, 1.54) is 80.3 Å². The van der Waals surface area contributed by atoms with E-state index in [0.717, 1.165) is 42.4 Å². The van der Waals surface area contributed by atoms with E-state index in [2.05, 4.69) is 173 Å². The summed E-state index contributed by atoms with van der Waals surface area (Å²) in [6.45, 7) is 13.9. The monoisotopic (exact) mass is 686 g/mol. The molecule has 1 heteroatoms. The van der Waals surface area contributed by atoms with Crippen molar-refractivity contribution in [2.45, 2.75) is 44.9 Å². The van der Waals surface area contributed by atoms with Crippen molar-refractivity contribution in [2.75, 3.05) is 0 Å². The molecule has 0 amide bonds. The molecule has 6 aromatic rings. The van der Waals surface area contributed by atoms with Crippen LogP contribution in [0.1, 0.15) is 56.2 Å². The lowest BCUT2D eigenvalue weighted by Crippen LogP contribution is -2.30. The molecule has 52 heavy (non-hydrogen) atoms. The number of allylic oxidation sites excluding steroid dienone is 12. The molecule has 0 saturated heterocycles. The molecule has 3 aliphatic rings. The fourth-order valence-corrected chi connectivity index (χ4v) is 9.91. The second-order valence-corrected chi connectivity index (χ2v) is 15.8. The molecule has 0 aliphatic heterocycles. The first-order chi connectivity index (χ1) is 25.4. The number of thiophene rings is 1. The van der Waals surface area contributed by atoms with E-state index in [1.807, 2.05) is 11.3 Å². The predicted molar refractivity (Wildman–Crippen MR) is 227 cm³/mol. The van der Waals surface area contributed by atoms with Gasteiger partial charge in [0.15, 0.2) is 0 Å². The summed E-state index contributed by atoms with van der Waals surface area (Å²) in [6, 6.07) is 34.2. The van der Waals surface area contributed by atoms with Gasteiger partial charge >= 0.3 is 0 Å². The maximum atomic E-state index is 4.65. The van der Waals surface area contributed by atoms with E-state index >= 15 is 0 Å². The van der Waals surface area contributed by atoms with E-state index in [1.54, 1.807) is 0 Å². The lowest BCUT2D eigenvalue weighted by atomic mass is 9.77. The van der Waals surface area contributed by atoms with Crippen molar-refractivity contribution in [1.29, 1.82) is 0 Å². The molecule has 0 atom stereocenters. The fraction of sp³-hybridized carbons (Fsp3) is 0.137. The molecule has 0 nitrogen and oxygen atoms in total. The van der Waals surface area contributed by atoms with Crippen molar-refractivity contribution in [3.8, 4) is 11.1 Å². The molecule has 3 aliphatic carbocycles. The lowest BCUT2D eigenvalue weighted by Gasteiger charge is -2.26. The first-order valence-electron chi connectivity index (χ1n) is 18.5. The van der Waals surface area contributed by atoms with Crippen LogP contribution in [0, 0.1) is 0 Å². The third kappa shape index (κ3) is 5.26. The van der Waals surface area contributed by atoms with Gasteiger partial charge in [0.05, 0.1) is 0 Å². The van der Waals surface area contributed by atoms with Crippen molar-refractivity contribution in [2.24, 2.45) is 0 Å². The molecule has 0 N–H and O–H groups in total. The van der Waals surface area contributed by atoms with Crippen molar-refractivity contribution in [3.05, 3.63) is 203 Å². The van der Waals surface area contributed by atoms with Gasteiger partial charge in [-0.2, -0.15) is 0 Å². The minimum atomic E-state index is -0.183. The quantitative estimate of drug-likeness (QED) is 0.158. The van der Waals surface area contributed by atoms with Crippen LogP contribution in [0.5, 0.6) is 0 Å². The van der Waals surface area contributed by atoms with Gasteiger partial charge in [-0.1, -0.05) is 161 Å². The SMILES string of the molecule is C=C(/C=C\C(=C)C1=c2\cccc\c2=C(c2cc3c(ccc4c5ccccc5sc34)c3c2C(C)(C)c2ccccc2-3)\C=C\CC\C=C\1)C1=CC=CCC1. The van der Waals surface area contributed by atoms with Gasteiger partial charge in [-0.25, -0.2) is 0 Å². The molecular formula is C51H42S. The van der Waals surface area contributed by atoms with Gasteiger partial charge < -0.3 is 0 Å². The highest BCUT2D eigenvalue weighted by molar-refractivity contribution is 7.26. The third-order valence-corrected chi connectivity index (χ3v) is 12.5. The average Bonchev–Trinajstić information content (AvgIpc) is 3.68. The van der Waals surface area contributed by atoms with Crippen LogP contribution in [0.2, 0.25) is 0 Å². The maximum absolute atomic E-state index is 4.65. The van der Waals surface area contributed by atoms with E-state index in [0.29, 0.717) is 0 Å². The van der Waals surface area contributed by atoms with Gasteiger partial charge in [-0.3, -0.25) is 0 Å². The summed E-state index contributed by atoms with van der Waals surface area (Å²) in [6.07, 6.45) is 24.2. The van der Waals surface area contributed by atoms with Crippen molar-refractivity contribution < 1.29 is 0 Å². The number of hydrogen-bond donors (Lipinski definition) is 0.